The second kappa shape index (κ2) is 7.35. The third kappa shape index (κ3) is 4.05. The van der Waals surface area contributed by atoms with Gasteiger partial charge in [0.2, 0.25) is 0 Å². The lowest BCUT2D eigenvalue weighted by Crippen LogP contribution is -2.45. The summed E-state index contributed by atoms with van der Waals surface area (Å²) < 4.78 is 11.6. The van der Waals surface area contributed by atoms with Gasteiger partial charge in [0, 0.05) is 12.3 Å². The van der Waals surface area contributed by atoms with E-state index in [-0.39, 0.29) is 5.91 Å². The first-order valence-electron chi connectivity index (χ1n) is 8.61. The SMILES string of the molecule is CCCO[C@](C)(C(=O)Nc1cc(C)c(OCC)c(C)c1)C1CC1. The van der Waals surface area contributed by atoms with Crippen molar-refractivity contribution in [3.63, 3.8) is 0 Å². The Labute approximate surface area is 139 Å². The topological polar surface area (TPSA) is 47.6 Å². The van der Waals surface area contributed by atoms with E-state index in [0.29, 0.717) is 19.1 Å². The average molecular weight is 319 g/mol. The molecule has 1 atom stereocenters. The van der Waals surface area contributed by atoms with E-state index in [4.69, 9.17) is 9.47 Å². The van der Waals surface area contributed by atoms with Crippen molar-refractivity contribution < 1.29 is 14.3 Å². The highest BCUT2D eigenvalue weighted by atomic mass is 16.5. The number of ether oxygens (including phenoxy) is 2. The van der Waals surface area contributed by atoms with Crippen LogP contribution in [0.15, 0.2) is 12.1 Å². The van der Waals surface area contributed by atoms with Gasteiger partial charge in [-0.3, -0.25) is 4.79 Å². The maximum atomic E-state index is 12.8. The van der Waals surface area contributed by atoms with Crippen molar-refractivity contribution in [2.75, 3.05) is 18.5 Å². The third-order valence-corrected chi connectivity index (χ3v) is 4.42. The molecule has 1 aliphatic carbocycles. The summed E-state index contributed by atoms with van der Waals surface area (Å²) in [5.41, 5.74) is 2.14. The predicted molar refractivity (Wildman–Crippen MR) is 93.1 cm³/mol. The standard InChI is InChI=1S/C19H29NO3/c1-6-10-23-19(5,15-8-9-15)18(21)20-16-11-13(3)17(22-7-2)14(4)12-16/h11-12,15H,6-10H2,1-5H3,(H,20,21)/t19-/m0/s1. The lowest BCUT2D eigenvalue weighted by atomic mass is 9.98. The summed E-state index contributed by atoms with van der Waals surface area (Å²) >= 11 is 0. The molecule has 0 spiro atoms. The molecule has 4 nitrogen and oxygen atoms in total. The highest BCUT2D eigenvalue weighted by Gasteiger charge is 2.48. The molecular weight excluding hydrogens is 290 g/mol. The maximum absolute atomic E-state index is 12.8. The third-order valence-electron chi connectivity index (χ3n) is 4.42. The van der Waals surface area contributed by atoms with Crippen LogP contribution in [0.1, 0.15) is 51.2 Å². The van der Waals surface area contributed by atoms with Crippen molar-refractivity contribution in [3.05, 3.63) is 23.3 Å². The Morgan fingerprint density at radius 1 is 1.26 bits per heavy atom. The molecule has 4 heteroatoms. The molecule has 1 fully saturated rings. The quantitative estimate of drug-likeness (QED) is 0.780. The normalized spacial score (nSPS) is 16.7. The molecule has 0 saturated heterocycles. The molecule has 2 rings (SSSR count). The van der Waals surface area contributed by atoms with Gasteiger partial charge in [0.15, 0.2) is 0 Å². The van der Waals surface area contributed by atoms with Crippen molar-refractivity contribution >= 4 is 11.6 Å². The molecule has 0 aliphatic heterocycles. The molecule has 1 aromatic carbocycles. The van der Waals surface area contributed by atoms with E-state index in [9.17, 15) is 4.79 Å². The van der Waals surface area contributed by atoms with Gasteiger partial charge in [-0.15, -0.1) is 0 Å². The molecule has 1 N–H and O–H groups in total. The zero-order valence-corrected chi connectivity index (χ0v) is 15.0. The Balaban J connectivity index is 2.15. The lowest BCUT2D eigenvalue weighted by Gasteiger charge is -2.29. The van der Waals surface area contributed by atoms with Crippen LogP contribution >= 0.6 is 0 Å². The number of hydrogen-bond donors (Lipinski definition) is 1. The number of carbonyl (C=O) groups is 1. The highest BCUT2D eigenvalue weighted by molar-refractivity contribution is 5.97. The van der Waals surface area contributed by atoms with Gasteiger partial charge < -0.3 is 14.8 Å². The van der Waals surface area contributed by atoms with Crippen LogP contribution in [0.2, 0.25) is 0 Å². The summed E-state index contributed by atoms with van der Waals surface area (Å²) in [5.74, 6) is 1.19. The fourth-order valence-electron chi connectivity index (χ4n) is 2.97. The Bertz CT molecular complexity index is 543. The van der Waals surface area contributed by atoms with Crippen molar-refractivity contribution in [2.45, 2.75) is 59.5 Å². The van der Waals surface area contributed by atoms with E-state index in [2.05, 4.69) is 12.2 Å². The number of rotatable bonds is 8. The van der Waals surface area contributed by atoms with Gasteiger partial charge in [0.05, 0.1) is 6.61 Å². The second-order valence-electron chi connectivity index (χ2n) is 6.56. The summed E-state index contributed by atoms with van der Waals surface area (Å²) in [7, 11) is 0. The maximum Gasteiger partial charge on any atom is 0.256 e. The summed E-state index contributed by atoms with van der Waals surface area (Å²) in [5, 5.41) is 3.04. The van der Waals surface area contributed by atoms with E-state index in [1.807, 2.05) is 39.8 Å². The number of nitrogens with one attached hydrogen (secondary N) is 1. The van der Waals surface area contributed by atoms with Crippen molar-refractivity contribution in [1.29, 1.82) is 0 Å². The number of benzene rings is 1. The van der Waals surface area contributed by atoms with Gasteiger partial charge in [-0.1, -0.05) is 6.92 Å². The summed E-state index contributed by atoms with van der Waals surface area (Å²) in [4.78, 5) is 12.8. The van der Waals surface area contributed by atoms with Gasteiger partial charge in [-0.25, -0.2) is 0 Å². The van der Waals surface area contributed by atoms with E-state index in [1.165, 1.54) is 0 Å². The Hall–Kier alpha value is -1.55. The monoisotopic (exact) mass is 319 g/mol. The van der Waals surface area contributed by atoms with E-state index in [0.717, 1.165) is 41.8 Å². The zero-order valence-electron chi connectivity index (χ0n) is 15.0. The minimum Gasteiger partial charge on any atom is -0.493 e. The zero-order chi connectivity index (χ0) is 17.0. The number of hydrogen-bond acceptors (Lipinski definition) is 3. The number of amides is 1. The number of aryl methyl sites for hydroxylation is 2. The van der Waals surface area contributed by atoms with E-state index < -0.39 is 5.60 Å². The summed E-state index contributed by atoms with van der Waals surface area (Å²) in [6.07, 6.45) is 3.04. The van der Waals surface area contributed by atoms with E-state index >= 15 is 0 Å². The lowest BCUT2D eigenvalue weighted by molar-refractivity contribution is -0.142. The Morgan fingerprint density at radius 3 is 2.35 bits per heavy atom. The van der Waals surface area contributed by atoms with E-state index in [1.54, 1.807) is 0 Å². The molecule has 0 aromatic heterocycles. The summed E-state index contributed by atoms with van der Waals surface area (Å²) in [6.45, 7) is 11.2. The Kier molecular flexibility index (Phi) is 5.69. The highest BCUT2D eigenvalue weighted by Crippen LogP contribution is 2.42. The summed E-state index contributed by atoms with van der Waals surface area (Å²) in [6, 6.07) is 3.92. The average Bonchev–Trinajstić information content (AvgIpc) is 3.33. The molecule has 128 valence electrons. The Morgan fingerprint density at radius 2 is 1.87 bits per heavy atom. The molecule has 0 unspecified atom stereocenters. The van der Waals surface area contributed by atoms with Crippen LogP contribution in [0.25, 0.3) is 0 Å². The molecule has 1 amide bonds. The first-order chi connectivity index (χ1) is 10.9. The molecule has 0 bridgehead atoms. The smallest absolute Gasteiger partial charge is 0.256 e. The predicted octanol–water partition coefficient (Wildman–Crippen LogP) is 4.24. The van der Waals surface area contributed by atoms with Crippen LogP contribution in [-0.4, -0.2) is 24.7 Å². The van der Waals surface area contributed by atoms with Gasteiger partial charge >= 0.3 is 0 Å². The molecule has 0 heterocycles. The largest absolute Gasteiger partial charge is 0.493 e. The molecule has 0 radical (unpaired) electrons. The molecular formula is C19H29NO3. The van der Waals surface area contributed by atoms with Gasteiger partial charge in [0.25, 0.3) is 5.91 Å². The van der Waals surface area contributed by atoms with Crippen LogP contribution in [0.5, 0.6) is 5.75 Å². The van der Waals surface area contributed by atoms with Crippen LogP contribution in [0.4, 0.5) is 5.69 Å². The van der Waals surface area contributed by atoms with Crippen LogP contribution < -0.4 is 10.1 Å². The minimum absolute atomic E-state index is 0.0450. The van der Waals surface area contributed by atoms with Crippen molar-refractivity contribution in [2.24, 2.45) is 5.92 Å². The van der Waals surface area contributed by atoms with Crippen LogP contribution in [0, 0.1) is 19.8 Å². The second-order valence-corrected chi connectivity index (χ2v) is 6.56. The minimum atomic E-state index is -0.726. The number of carbonyl (C=O) groups excluding carboxylic acids is 1. The van der Waals surface area contributed by atoms with Crippen molar-refractivity contribution in [1.82, 2.24) is 0 Å². The first-order valence-corrected chi connectivity index (χ1v) is 8.61. The van der Waals surface area contributed by atoms with Crippen LogP contribution in [-0.2, 0) is 9.53 Å². The number of anilines is 1. The molecule has 23 heavy (non-hydrogen) atoms. The molecule has 1 aliphatic rings. The van der Waals surface area contributed by atoms with Gasteiger partial charge in [-0.2, -0.15) is 0 Å². The van der Waals surface area contributed by atoms with Crippen molar-refractivity contribution in [3.8, 4) is 5.75 Å². The molecule has 1 saturated carbocycles. The van der Waals surface area contributed by atoms with Gasteiger partial charge in [-0.05, 0) is 76.1 Å². The fourth-order valence-corrected chi connectivity index (χ4v) is 2.97. The van der Waals surface area contributed by atoms with Crippen LogP contribution in [0.3, 0.4) is 0 Å². The fraction of sp³-hybridized carbons (Fsp3) is 0.632. The first kappa shape index (κ1) is 17.8. The van der Waals surface area contributed by atoms with Gasteiger partial charge in [0.1, 0.15) is 11.4 Å². The molecule has 1 aromatic rings.